The Kier molecular flexibility index (Phi) is 4.34. The summed E-state index contributed by atoms with van der Waals surface area (Å²) in [7, 11) is 0. The summed E-state index contributed by atoms with van der Waals surface area (Å²) >= 11 is 5.92. The Labute approximate surface area is 134 Å². The van der Waals surface area contributed by atoms with E-state index >= 15 is 0 Å². The predicted octanol–water partition coefficient (Wildman–Crippen LogP) is 2.92. The number of hydrogen-bond acceptors (Lipinski definition) is 4. The van der Waals surface area contributed by atoms with E-state index in [1.165, 1.54) is 0 Å². The van der Waals surface area contributed by atoms with Crippen molar-refractivity contribution in [2.24, 2.45) is 0 Å². The molecule has 1 N–H and O–H groups in total. The van der Waals surface area contributed by atoms with Crippen LogP contribution in [0.1, 0.15) is 24.3 Å². The lowest BCUT2D eigenvalue weighted by molar-refractivity contribution is -0.122. The van der Waals surface area contributed by atoms with Crippen LogP contribution in [0.5, 0.6) is 0 Å². The highest BCUT2D eigenvalue weighted by molar-refractivity contribution is 6.30. The summed E-state index contributed by atoms with van der Waals surface area (Å²) in [6.07, 6.45) is 1.86. The molecule has 0 aliphatic carbocycles. The molecule has 5 nitrogen and oxygen atoms in total. The summed E-state index contributed by atoms with van der Waals surface area (Å²) in [4.78, 5) is 14.6. The number of nitrogens with zero attached hydrogens (tertiary/aromatic N) is 2. The van der Waals surface area contributed by atoms with Crippen LogP contribution in [0, 0.1) is 6.92 Å². The molecule has 1 aliphatic heterocycles. The highest BCUT2D eigenvalue weighted by atomic mass is 35.5. The number of anilines is 1. The molecule has 0 radical (unpaired) electrons. The molecule has 22 heavy (non-hydrogen) atoms. The second kappa shape index (κ2) is 6.40. The first-order chi connectivity index (χ1) is 10.6. The molecule has 0 saturated carbocycles. The number of benzene rings is 1. The van der Waals surface area contributed by atoms with Crippen molar-refractivity contribution in [1.29, 1.82) is 0 Å². The van der Waals surface area contributed by atoms with Gasteiger partial charge in [0, 0.05) is 23.3 Å². The molecular weight excluding hydrogens is 302 g/mol. The van der Waals surface area contributed by atoms with Crippen LogP contribution in [0.2, 0.25) is 5.02 Å². The zero-order valence-electron chi connectivity index (χ0n) is 12.4. The van der Waals surface area contributed by atoms with E-state index in [-0.39, 0.29) is 11.9 Å². The molecule has 1 amide bonds. The molecular formula is C16H18ClN3O2. The second-order valence-electron chi connectivity index (χ2n) is 5.47. The number of carbonyl (C=O) groups excluding carboxylic acids is 1. The molecule has 116 valence electrons. The molecule has 1 atom stereocenters. The number of halogens is 1. The average molecular weight is 320 g/mol. The van der Waals surface area contributed by atoms with Gasteiger partial charge in [0.05, 0.1) is 6.54 Å². The first-order valence-electron chi connectivity index (χ1n) is 7.35. The Bertz CT molecular complexity index is 654. The monoisotopic (exact) mass is 319 g/mol. The van der Waals surface area contributed by atoms with Gasteiger partial charge in [0.25, 0.3) is 0 Å². The zero-order chi connectivity index (χ0) is 15.5. The molecule has 0 bridgehead atoms. The lowest BCUT2D eigenvalue weighted by Gasteiger charge is -2.25. The first kappa shape index (κ1) is 14.9. The standard InChI is InChI=1S/C16H18ClN3O2/c1-11-9-13(19-22-11)10-18-16(21)15-3-2-8-20(15)14-6-4-12(17)5-7-14/h4-7,9,15H,2-3,8,10H2,1H3,(H,18,21)/t15-/m0/s1. The van der Waals surface area contributed by atoms with Crippen molar-refractivity contribution in [2.75, 3.05) is 11.4 Å². The number of aromatic nitrogens is 1. The van der Waals surface area contributed by atoms with E-state index in [1.807, 2.05) is 37.3 Å². The van der Waals surface area contributed by atoms with E-state index < -0.39 is 0 Å². The molecule has 6 heteroatoms. The number of rotatable bonds is 4. The maximum Gasteiger partial charge on any atom is 0.243 e. The van der Waals surface area contributed by atoms with Gasteiger partial charge in [0.2, 0.25) is 5.91 Å². The SMILES string of the molecule is Cc1cc(CNC(=O)[C@@H]2CCCN2c2ccc(Cl)cc2)no1. The summed E-state index contributed by atoms with van der Waals surface area (Å²) in [5, 5.41) is 7.52. The summed E-state index contributed by atoms with van der Waals surface area (Å²) in [5.41, 5.74) is 1.77. The maximum absolute atomic E-state index is 12.4. The molecule has 2 heterocycles. The maximum atomic E-state index is 12.4. The smallest absolute Gasteiger partial charge is 0.243 e. The average Bonchev–Trinajstić information content (AvgIpc) is 3.14. The largest absolute Gasteiger partial charge is 0.361 e. The van der Waals surface area contributed by atoms with Crippen LogP contribution in [-0.4, -0.2) is 23.7 Å². The molecule has 2 aromatic rings. The number of nitrogens with one attached hydrogen (secondary N) is 1. The summed E-state index contributed by atoms with van der Waals surface area (Å²) in [6.45, 7) is 3.10. The van der Waals surface area contributed by atoms with Gasteiger partial charge in [-0.25, -0.2) is 0 Å². The molecule has 1 fully saturated rings. The summed E-state index contributed by atoms with van der Waals surface area (Å²) in [5.74, 6) is 0.765. The number of amides is 1. The van der Waals surface area contributed by atoms with E-state index in [2.05, 4.69) is 15.4 Å². The van der Waals surface area contributed by atoms with Crippen LogP contribution in [0.25, 0.3) is 0 Å². The topological polar surface area (TPSA) is 58.4 Å². The molecule has 1 aromatic carbocycles. The lowest BCUT2D eigenvalue weighted by atomic mass is 10.2. The number of hydrogen-bond donors (Lipinski definition) is 1. The highest BCUT2D eigenvalue weighted by Crippen LogP contribution is 2.26. The minimum Gasteiger partial charge on any atom is -0.361 e. The Hall–Kier alpha value is -2.01. The minimum atomic E-state index is -0.144. The molecule has 1 aromatic heterocycles. The lowest BCUT2D eigenvalue weighted by Crippen LogP contribution is -2.43. The van der Waals surface area contributed by atoms with Crippen LogP contribution in [0.4, 0.5) is 5.69 Å². The van der Waals surface area contributed by atoms with Gasteiger partial charge in [-0.2, -0.15) is 0 Å². The van der Waals surface area contributed by atoms with Gasteiger partial charge in [0.1, 0.15) is 17.5 Å². The van der Waals surface area contributed by atoms with Crippen molar-refractivity contribution in [3.8, 4) is 0 Å². The van der Waals surface area contributed by atoms with E-state index in [0.717, 1.165) is 36.5 Å². The van der Waals surface area contributed by atoms with Gasteiger partial charge in [0.15, 0.2) is 0 Å². The van der Waals surface area contributed by atoms with Gasteiger partial charge in [-0.1, -0.05) is 16.8 Å². The Morgan fingerprint density at radius 2 is 2.23 bits per heavy atom. The van der Waals surface area contributed by atoms with Crippen LogP contribution in [-0.2, 0) is 11.3 Å². The third-order valence-corrected chi connectivity index (χ3v) is 4.09. The molecule has 0 unspecified atom stereocenters. The Balaban J connectivity index is 1.64. The van der Waals surface area contributed by atoms with Gasteiger partial charge in [-0.3, -0.25) is 4.79 Å². The number of carbonyl (C=O) groups is 1. The fraction of sp³-hybridized carbons (Fsp3) is 0.375. The third kappa shape index (κ3) is 3.25. The van der Waals surface area contributed by atoms with Crippen molar-refractivity contribution >= 4 is 23.2 Å². The van der Waals surface area contributed by atoms with Crippen molar-refractivity contribution in [3.63, 3.8) is 0 Å². The number of aryl methyl sites for hydroxylation is 1. The van der Waals surface area contributed by atoms with Gasteiger partial charge in [-0.05, 0) is 44.0 Å². The van der Waals surface area contributed by atoms with Crippen molar-refractivity contribution < 1.29 is 9.32 Å². The normalized spacial score (nSPS) is 17.7. The fourth-order valence-corrected chi connectivity index (χ4v) is 2.90. The second-order valence-corrected chi connectivity index (χ2v) is 5.91. The van der Waals surface area contributed by atoms with E-state index in [9.17, 15) is 4.79 Å². The zero-order valence-corrected chi connectivity index (χ0v) is 13.1. The van der Waals surface area contributed by atoms with Crippen LogP contribution >= 0.6 is 11.6 Å². The Morgan fingerprint density at radius 1 is 1.45 bits per heavy atom. The first-order valence-corrected chi connectivity index (χ1v) is 7.73. The molecule has 0 spiro atoms. The van der Waals surface area contributed by atoms with Crippen LogP contribution < -0.4 is 10.2 Å². The van der Waals surface area contributed by atoms with Crippen molar-refractivity contribution in [3.05, 3.63) is 46.8 Å². The highest BCUT2D eigenvalue weighted by Gasteiger charge is 2.30. The summed E-state index contributed by atoms with van der Waals surface area (Å²) in [6, 6.07) is 9.29. The van der Waals surface area contributed by atoms with E-state index in [1.54, 1.807) is 0 Å². The van der Waals surface area contributed by atoms with Crippen LogP contribution in [0.3, 0.4) is 0 Å². The van der Waals surface area contributed by atoms with Gasteiger partial charge < -0.3 is 14.7 Å². The third-order valence-electron chi connectivity index (χ3n) is 3.83. The minimum absolute atomic E-state index is 0.0214. The molecule has 3 rings (SSSR count). The van der Waals surface area contributed by atoms with Crippen LogP contribution in [0.15, 0.2) is 34.9 Å². The van der Waals surface area contributed by atoms with E-state index in [0.29, 0.717) is 11.6 Å². The molecule has 1 saturated heterocycles. The van der Waals surface area contributed by atoms with Gasteiger partial charge >= 0.3 is 0 Å². The van der Waals surface area contributed by atoms with E-state index in [4.69, 9.17) is 16.1 Å². The van der Waals surface area contributed by atoms with Crippen molar-refractivity contribution in [1.82, 2.24) is 10.5 Å². The fourth-order valence-electron chi connectivity index (χ4n) is 2.78. The van der Waals surface area contributed by atoms with Crippen molar-refractivity contribution in [2.45, 2.75) is 32.4 Å². The quantitative estimate of drug-likeness (QED) is 0.941. The Morgan fingerprint density at radius 3 is 2.91 bits per heavy atom. The summed E-state index contributed by atoms with van der Waals surface area (Å²) < 4.78 is 5.00. The van der Waals surface area contributed by atoms with Gasteiger partial charge in [-0.15, -0.1) is 0 Å². The molecule has 1 aliphatic rings. The predicted molar refractivity (Wildman–Crippen MR) is 84.9 cm³/mol.